The van der Waals surface area contributed by atoms with Crippen molar-refractivity contribution < 1.29 is 4.74 Å². The number of nitrogens with zero attached hydrogens (tertiary/aromatic N) is 1. The molecule has 0 aliphatic heterocycles. The molecule has 0 fully saturated rings. The summed E-state index contributed by atoms with van der Waals surface area (Å²) < 4.78 is 5.94. The highest BCUT2D eigenvalue weighted by atomic mass is 16.5. The Kier molecular flexibility index (Phi) is 6.05. The fourth-order valence-corrected chi connectivity index (χ4v) is 2.74. The third-order valence-corrected chi connectivity index (χ3v) is 4.22. The molecule has 0 radical (unpaired) electrons. The molecule has 0 spiro atoms. The summed E-state index contributed by atoms with van der Waals surface area (Å²) in [5.74, 6) is 1.30. The summed E-state index contributed by atoms with van der Waals surface area (Å²) in [5.41, 5.74) is 10.9. The van der Waals surface area contributed by atoms with Crippen LogP contribution < -0.4 is 15.4 Å². The molecule has 0 aliphatic carbocycles. The second kappa shape index (κ2) is 8.02. The van der Waals surface area contributed by atoms with Gasteiger partial charge in [0, 0.05) is 19.8 Å². The minimum absolute atomic E-state index is 0.331. The second-order valence-electron chi connectivity index (χ2n) is 6.32. The first-order valence-corrected chi connectivity index (χ1v) is 8.18. The fraction of sp³-hybridized carbons (Fsp3) is 0.400. The highest BCUT2D eigenvalue weighted by Gasteiger charge is 2.11. The largest absolute Gasteiger partial charge is 0.493 e. The van der Waals surface area contributed by atoms with E-state index in [2.05, 4.69) is 55.1 Å². The van der Waals surface area contributed by atoms with Crippen LogP contribution in [0.3, 0.4) is 0 Å². The summed E-state index contributed by atoms with van der Waals surface area (Å²) in [4.78, 5) is 2.10. The molecule has 0 aromatic heterocycles. The molecule has 0 aliphatic rings. The van der Waals surface area contributed by atoms with E-state index in [1.807, 2.05) is 20.2 Å². The van der Waals surface area contributed by atoms with E-state index in [0.717, 1.165) is 12.2 Å². The lowest BCUT2D eigenvalue weighted by Crippen LogP contribution is -2.16. The Bertz CT molecular complexity index is 620. The van der Waals surface area contributed by atoms with E-state index in [1.165, 1.54) is 22.4 Å². The average Bonchev–Trinajstić information content (AvgIpc) is 2.53. The summed E-state index contributed by atoms with van der Waals surface area (Å²) in [6.07, 6.45) is 0.922. The number of ether oxygens (including phenoxy) is 1. The van der Waals surface area contributed by atoms with Crippen LogP contribution in [0.15, 0.2) is 42.5 Å². The Hall–Kier alpha value is -2.00. The lowest BCUT2D eigenvalue weighted by atomic mass is 9.96. The van der Waals surface area contributed by atoms with Gasteiger partial charge in [0.2, 0.25) is 0 Å². The summed E-state index contributed by atoms with van der Waals surface area (Å²) in [6, 6.07) is 14.9. The van der Waals surface area contributed by atoms with Gasteiger partial charge in [-0.15, -0.1) is 0 Å². The van der Waals surface area contributed by atoms with Gasteiger partial charge in [0.25, 0.3) is 0 Å². The maximum absolute atomic E-state index is 5.97. The number of nitrogens with two attached hydrogens (primary N) is 1. The van der Waals surface area contributed by atoms with Crippen molar-refractivity contribution in [3.63, 3.8) is 0 Å². The number of benzene rings is 2. The fourth-order valence-electron chi connectivity index (χ4n) is 2.74. The zero-order valence-electron chi connectivity index (χ0n) is 14.7. The van der Waals surface area contributed by atoms with Gasteiger partial charge in [-0.2, -0.15) is 0 Å². The van der Waals surface area contributed by atoms with E-state index >= 15 is 0 Å². The van der Waals surface area contributed by atoms with Gasteiger partial charge in [-0.1, -0.05) is 29.8 Å². The van der Waals surface area contributed by atoms with E-state index in [1.54, 1.807) is 0 Å². The summed E-state index contributed by atoms with van der Waals surface area (Å²) >= 11 is 0. The highest BCUT2D eigenvalue weighted by molar-refractivity contribution is 5.46. The molecule has 1 atom stereocenters. The molecule has 2 aromatic carbocycles. The molecule has 2 rings (SSSR count). The van der Waals surface area contributed by atoms with Gasteiger partial charge in [0.15, 0.2) is 0 Å². The Morgan fingerprint density at radius 3 is 2.30 bits per heavy atom. The third kappa shape index (κ3) is 4.73. The number of hydrogen-bond acceptors (Lipinski definition) is 3. The maximum atomic E-state index is 5.97. The lowest BCUT2D eigenvalue weighted by Gasteiger charge is -2.18. The van der Waals surface area contributed by atoms with Crippen LogP contribution in [-0.4, -0.2) is 27.2 Å². The summed E-state index contributed by atoms with van der Waals surface area (Å²) in [6.45, 7) is 5.50. The average molecular weight is 312 g/mol. The van der Waals surface area contributed by atoms with Crippen molar-refractivity contribution >= 4 is 5.69 Å². The molecule has 0 saturated heterocycles. The van der Waals surface area contributed by atoms with Gasteiger partial charge < -0.3 is 15.4 Å². The zero-order valence-corrected chi connectivity index (χ0v) is 14.7. The van der Waals surface area contributed by atoms with Crippen LogP contribution >= 0.6 is 0 Å². The SMILES string of the molecule is Cc1ccc(OCCC(CN)c2ccc(N(C)C)cc2)c(C)c1. The summed E-state index contributed by atoms with van der Waals surface area (Å²) in [7, 11) is 4.10. The number of hydrogen-bond donors (Lipinski definition) is 1. The van der Waals surface area contributed by atoms with Gasteiger partial charge >= 0.3 is 0 Å². The second-order valence-corrected chi connectivity index (χ2v) is 6.32. The Balaban J connectivity index is 1.94. The molecule has 3 heteroatoms. The van der Waals surface area contributed by atoms with E-state index < -0.39 is 0 Å². The first kappa shape index (κ1) is 17.4. The van der Waals surface area contributed by atoms with Crippen LogP contribution in [0, 0.1) is 13.8 Å². The number of aryl methyl sites for hydroxylation is 2. The van der Waals surface area contributed by atoms with Crippen LogP contribution in [0.5, 0.6) is 5.75 Å². The predicted molar refractivity (Wildman–Crippen MR) is 98.6 cm³/mol. The van der Waals surface area contributed by atoms with Crippen LogP contribution in [0.1, 0.15) is 29.0 Å². The van der Waals surface area contributed by atoms with E-state index in [-0.39, 0.29) is 0 Å². The molecular formula is C20H28N2O. The highest BCUT2D eigenvalue weighted by Crippen LogP contribution is 2.23. The van der Waals surface area contributed by atoms with Gasteiger partial charge in [-0.25, -0.2) is 0 Å². The lowest BCUT2D eigenvalue weighted by molar-refractivity contribution is 0.296. The normalized spacial score (nSPS) is 12.0. The van der Waals surface area contributed by atoms with Crippen LogP contribution in [0.4, 0.5) is 5.69 Å². The monoisotopic (exact) mass is 312 g/mol. The minimum atomic E-state index is 0.331. The topological polar surface area (TPSA) is 38.5 Å². The third-order valence-electron chi connectivity index (χ3n) is 4.22. The molecule has 0 bridgehead atoms. The van der Waals surface area contributed by atoms with Gasteiger partial charge in [0.1, 0.15) is 5.75 Å². The molecular weight excluding hydrogens is 284 g/mol. The summed E-state index contributed by atoms with van der Waals surface area (Å²) in [5, 5.41) is 0. The molecule has 3 nitrogen and oxygen atoms in total. The molecule has 0 amide bonds. The van der Waals surface area contributed by atoms with Crippen molar-refractivity contribution in [3.8, 4) is 5.75 Å². The molecule has 0 heterocycles. The molecule has 1 unspecified atom stereocenters. The van der Waals surface area contributed by atoms with Crippen molar-refractivity contribution in [1.29, 1.82) is 0 Å². The molecule has 2 N–H and O–H groups in total. The molecule has 0 saturated carbocycles. The minimum Gasteiger partial charge on any atom is -0.493 e. The van der Waals surface area contributed by atoms with Crippen LogP contribution in [-0.2, 0) is 0 Å². The van der Waals surface area contributed by atoms with Crippen LogP contribution in [0.25, 0.3) is 0 Å². The number of rotatable bonds is 7. The number of anilines is 1. The van der Waals surface area contributed by atoms with Gasteiger partial charge in [-0.05, 0) is 62.1 Å². The predicted octanol–water partition coefficient (Wildman–Crippen LogP) is 3.88. The van der Waals surface area contributed by atoms with Crippen molar-refractivity contribution in [3.05, 3.63) is 59.2 Å². The standard InChI is InChI=1S/C20H28N2O/c1-15-5-10-20(16(2)13-15)23-12-11-18(14-21)17-6-8-19(9-7-17)22(3)4/h5-10,13,18H,11-12,14,21H2,1-4H3. The Morgan fingerprint density at radius 2 is 1.74 bits per heavy atom. The zero-order chi connectivity index (χ0) is 16.8. The van der Waals surface area contributed by atoms with Gasteiger partial charge in [-0.3, -0.25) is 0 Å². The maximum Gasteiger partial charge on any atom is 0.122 e. The molecule has 2 aromatic rings. The Morgan fingerprint density at radius 1 is 1.04 bits per heavy atom. The van der Waals surface area contributed by atoms with E-state index in [9.17, 15) is 0 Å². The first-order valence-electron chi connectivity index (χ1n) is 8.18. The van der Waals surface area contributed by atoms with E-state index in [4.69, 9.17) is 10.5 Å². The van der Waals surface area contributed by atoms with E-state index in [0.29, 0.717) is 19.1 Å². The Labute approximate surface area is 140 Å². The van der Waals surface area contributed by atoms with Crippen LogP contribution in [0.2, 0.25) is 0 Å². The van der Waals surface area contributed by atoms with Crippen molar-refractivity contribution in [2.24, 2.45) is 5.73 Å². The smallest absolute Gasteiger partial charge is 0.122 e. The quantitative estimate of drug-likeness (QED) is 0.843. The first-order chi connectivity index (χ1) is 11.0. The van der Waals surface area contributed by atoms with Crippen molar-refractivity contribution in [2.75, 3.05) is 32.1 Å². The van der Waals surface area contributed by atoms with Crippen molar-refractivity contribution in [1.82, 2.24) is 0 Å². The molecule has 124 valence electrons. The van der Waals surface area contributed by atoms with Gasteiger partial charge in [0.05, 0.1) is 6.61 Å². The molecule has 23 heavy (non-hydrogen) atoms. The van der Waals surface area contributed by atoms with Crippen molar-refractivity contribution in [2.45, 2.75) is 26.2 Å².